The maximum atomic E-state index is 11.3. The number of nitrogens with two attached hydrogens (primary N) is 1. The molecule has 82 valence electrons. The SMILES string of the molecule is CS(=O)(=O)c1ccc(O)c(C2(N)CC2)c1. The van der Waals surface area contributed by atoms with Crippen LogP contribution in [0.4, 0.5) is 0 Å². The van der Waals surface area contributed by atoms with Crippen LogP contribution in [-0.2, 0) is 15.4 Å². The molecule has 0 atom stereocenters. The van der Waals surface area contributed by atoms with E-state index in [-0.39, 0.29) is 10.6 Å². The summed E-state index contributed by atoms with van der Waals surface area (Å²) in [5, 5.41) is 9.60. The summed E-state index contributed by atoms with van der Waals surface area (Å²) >= 11 is 0. The Labute approximate surface area is 88.6 Å². The molecule has 1 aromatic rings. The minimum absolute atomic E-state index is 0.0717. The Bertz CT molecular complexity index is 503. The maximum absolute atomic E-state index is 11.3. The summed E-state index contributed by atoms with van der Waals surface area (Å²) in [6, 6.07) is 4.25. The fourth-order valence-corrected chi connectivity index (χ4v) is 2.20. The van der Waals surface area contributed by atoms with E-state index < -0.39 is 15.4 Å². The molecule has 0 bridgehead atoms. The molecule has 1 aliphatic rings. The summed E-state index contributed by atoms with van der Waals surface area (Å²) in [5.74, 6) is 0.0717. The Hall–Kier alpha value is -1.07. The predicted octanol–water partition coefficient (Wildman–Crippen LogP) is 0.744. The summed E-state index contributed by atoms with van der Waals surface area (Å²) in [6.07, 6.45) is 2.71. The molecule has 3 N–H and O–H groups in total. The number of phenols is 1. The molecule has 15 heavy (non-hydrogen) atoms. The highest BCUT2D eigenvalue weighted by molar-refractivity contribution is 7.90. The zero-order chi connectivity index (χ0) is 11.3. The molecule has 0 spiro atoms. The summed E-state index contributed by atoms with van der Waals surface area (Å²) in [4.78, 5) is 0.201. The Kier molecular flexibility index (Phi) is 2.06. The van der Waals surface area contributed by atoms with Crippen LogP contribution in [0.5, 0.6) is 5.75 Å². The molecular weight excluding hydrogens is 214 g/mol. The van der Waals surface area contributed by atoms with Gasteiger partial charge >= 0.3 is 0 Å². The third-order valence-corrected chi connectivity index (χ3v) is 3.83. The lowest BCUT2D eigenvalue weighted by Crippen LogP contribution is -2.19. The fraction of sp³-hybridized carbons (Fsp3) is 0.400. The molecule has 0 aliphatic heterocycles. The quantitative estimate of drug-likeness (QED) is 0.781. The van der Waals surface area contributed by atoms with E-state index in [1.54, 1.807) is 0 Å². The lowest BCUT2D eigenvalue weighted by atomic mass is 10.1. The predicted molar refractivity (Wildman–Crippen MR) is 56.3 cm³/mol. The summed E-state index contributed by atoms with van der Waals surface area (Å²) in [7, 11) is -3.24. The van der Waals surface area contributed by atoms with Crippen LogP contribution in [-0.4, -0.2) is 19.8 Å². The van der Waals surface area contributed by atoms with Crippen molar-refractivity contribution in [3.8, 4) is 5.75 Å². The van der Waals surface area contributed by atoms with Gasteiger partial charge in [-0.05, 0) is 31.0 Å². The van der Waals surface area contributed by atoms with Crippen LogP contribution in [0.25, 0.3) is 0 Å². The van der Waals surface area contributed by atoms with E-state index in [4.69, 9.17) is 5.73 Å². The van der Waals surface area contributed by atoms with Gasteiger partial charge in [0.1, 0.15) is 5.75 Å². The lowest BCUT2D eigenvalue weighted by Gasteiger charge is -2.12. The van der Waals surface area contributed by atoms with Crippen molar-refractivity contribution in [3.05, 3.63) is 23.8 Å². The highest BCUT2D eigenvalue weighted by Gasteiger charge is 2.42. The molecule has 1 fully saturated rings. The minimum Gasteiger partial charge on any atom is -0.508 e. The van der Waals surface area contributed by atoms with Gasteiger partial charge in [-0.1, -0.05) is 0 Å². The van der Waals surface area contributed by atoms with Gasteiger partial charge in [-0.3, -0.25) is 0 Å². The molecule has 0 saturated heterocycles. The summed E-state index contributed by atoms with van der Waals surface area (Å²) in [5.41, 5.74) is 5.94. The second kappa shape index (κ2) is 2.96. The van der Waals surface area contributed by atoms with Crippen molar-refractivity contribution in [2.24, 2.45) is 5.73 Å². The van der Waals surface area contributed by atoms with E-state index in [9.17, 15) is 13.5 Å². The van der Waals surface area contributed by atoms with Gasteiger partial charge in [0, 0.05) is 17.4 Å². The molecule has 0 radical (unpaired) electrons. The number of sulfone groups is 1. The molecule has 0 unspecified atom stereocenters. The van der Waals surface area contributed by atoms with Crippen LogP contribution >= 0.6 is 0 Å². The number of hydrogen-bond acceptors (Lipinski definition) is 4. The summed E-state index contributed by atoms with van der Waals surface area (Å²) in [6.45, 7) is 0. The van der Waals surface area contributed by atoms with Gasteiger partial charge in [0.25, 0.3) is 0 Å². The second-order valence-corrected chi connectivity index (χ2v) is 6.12. The van der Waals surface area contributed by atoms with Crippen LogP contribution in [0.15, 0.2) is 23.1 Å². The van der Waals surface area contributed by atoms with Crippen LogP contribution < -0.4 is 5.73 Å². The van der Waals surface area contributed by atoms with Gasteiger partial charge in [-0.25, -0.2) is 8.42 Å². The average Bonchev–Trinajstić information content (AvgIpc) is 2.83. The molecule has 0 amide bonds. The topological polar surface area (TPSA) is 80.4 Å². The van der Waals surface area contributed by atoms with Crippen LogP contribution in [0.2, 0.25) is 0 Å². The standard InChI is InChI=1S/C10H13NO3S/c1-15(13,14)7-2-3-9(12)8(6-7)10(11)4-5-10/h2-3,6,12H,4-5,11H2,1H3. The molecule has 1 aliphatic carbocycles. The smallest absolute Gasteiger partial charge is 0.175 e. The van der Waals surface area contributed by atoms with Gasteiger partial charge in [0.05, 0.1) is 4.90 Å². The van der Waals surface area contributed by atoms with E-state index >= 15 is 0 Å². The third-order valence-electron chi connectivity index (χ3n) is 2.72. The zero-order valence-electron chi connectivity index (χ0n) is 8.40. The summed E-state index contributed by atoms with van der Waals surface area (Å²) < 4.78 is 22.6. The fourth-order valence-electron chi connectivity index (χ4n) is 1.55. The normalized spacial score (nSPS) is 18.8. The number of rotatable bonds is 2. The number of aromatic hydroxyl groups is 1. The largest absolute Gasteiger partial charge is 0.508 e. The first-order valence-electron chi connectivity index (χ1n) is 4.65. The van der Waals surface area contributed by atoms with E-state index in [1.807, 2.05) is 0 Å². The maximum Gasteiger partial charge on any atom is 0.175 e. The molecular formula is C10H13NO3S. The van der Waals surface area contributed by atoms with Crippen molar-refractivity contribution >= 4 is 9.84 Å². The van der Waals surface area contributed by atoms with Crippen molar-refractivity contribution in [2.45, 2.75) is 23.3 Å². The van der Waals surface area contributed by atoms with E-state index in [2.05, 4.69) is 0 Å². The first-order chi connectivity index (χ1) is 6.83. The van der Waals surface area contributed by atoms with Gasteiger partial charge in [-0.15, -0.1) is 0 Å². The average molecular weight is 227 g/mol. The molecule has 0 heterocycles. The van der Waals surface area contributed by atoms with E-state index in [0.717, 1.165) is 19.1 Å². The Balaban J connectivity index is 2.56. The number of phenolic OH excluding ortho intramolecular Hbond substituents is 1. The van der Waals surface area contributed by atoms with Gasteiger partial charge in [-0.2, -0.15) is 0 Å². The van der Waals surface area contributed by atoms with Crippen molar-refractivity contribution in [1.29, 1.82) is 0 Å². The van der Waals surface area contributed by atoms with E-state index in [1.165, 1.54) is 18.2 Å². The molecule has 5 heteroatoms. The van der Waals surface area contributed by atoms with Gasteiger partial charge < -0.3 is 10.8 Å². The number of benzene rings is 1. The zero-order valence-corrected chi connectivity index (χ0v) is 9.21. The second-order valence-electron chi connectivity index (χ2n) is 4.11. The van der Waals surface area contributed by atoms with Crippen LogP contribution in [0, 0.1) is 0 Å². The first kappa shape index (κ1) is 10.4. The monoisotopic (exact) mass is 227 g/mol. The minimum atomic E-state index is -3.24. The van der Waals surface area contributed by atoms with Crippen LogP contribution in [0.3, 0.4) is 0 Å². The van der Waals surface area contributed by atoms with Crippen molar-refractivity contribution < 1.29 is 13.5 Å². The highest BCUT2D eigenvalue weighted by atomic mass is 32.2. The van der Waals surface area contributed by atoms with Gasteiger partial charge in [0.2, 0.25) is 0 Å². The van der Waals surface area contributed by atoms with E-state index in [0.29, 0.717) is 5.56 Å². The molecule has 4 nitrogen and oxygen atoms in total. The van der Waals surface area contributed by atoms with Gasteiger partial charge in [0.15, 0.2) is 9.84 Å². The lowest BCUT2D eigenvalue weighted by molar-refractivity contribution is 0.459. The van der Waals surface area contributed by atoms with Crippen molar-refractivity contribution in [2.75, 3.05) is 6.26 Å². The van der Waals surface area contributed by atoms with Crippen LogP contribution in [0.1, 0.15) is 18.4 Å². The molecule has 0 aromatic heterocycles. The number of hydrogen-bond donors (Lipinski definition) is 2. The Morgan fingerprint density at radius 3 is 2.47 bits per heavy atom. The Morgan fingerprint density at radius 2 is 2.00 bits per heavy atom. The van der Waals surface area contributed by atoms with Crippen molar-refractivity contribution in [3.63, 3.8) is 0 Å². The third kappa shape index (κ3) is 1.85. The first-order valence-corrected chi connectivity index (χ1v) is 6.54. The molecule has 1 saturated carbocycles. The molecule has 2 rings (SSSR count). The molecule has 1 aromatic carbocycles. The Morgan fingerprint density at radius 1 is 1.40 bits per heavy atom. The van der Waals surface area contributed by atoms with Crippen molar-refractivity contribution in [1.82, 2.24) is 0 Å². The highest BCUT2D eigenvalue weighted by Crippen LogP contribution is 2.46.